The maximum Gasteiger partial charge on any atom is 0.222 e. The fourth-order valence-corrected chi connectivity index (χ4v) is 4.99. The first-order valence-corrected chi connectivity index (χ1v) is 12.7. The number of morpholine rings is 1. The number of rotatable bonds is 7. The first-order valence-electron chi connectivity index (χ1n) is 12.7. The lowest BCUT2D eigenvalue weighted by Crippen LogP contribution is -2.36. The molecule has 11 heteroatoms. The van der Waals surface area contributed by atoms with E-state index in [4.69, 9.17) is 19.2 Å². The second kappa shape index (κ2) is 9.81. The SMILES string of the molecule is Cc1noc(C)c1-c1nc(Nc2ccc(N3CCOCC3)cc2)c2ncn(CCN3CCCC3=O)c2n1. The van der Waals surface area contributed by atoms with Crippen LogP contribution in [0.2, 0.25) is 0 Å². The number of benzene rings is 1. The minimum absolute atomic E-state index is 0.207. The molecule has 2 aliphatic rings. The molecule has 6 rings (SSSR count). The van der Waals surface area contributed by atoms with Crippen LogP contribution in [0.1, 0.15) is 24.3 Å². The molecule has 4 aromatic rings. The van der Waals surface area contributed by atoms with E-state index in [1.165, 1.54) is 5.69 Å². The Hall–Kier alpha value is -3.99. The molecular weight excluding hydrogens is 472 g/mol. The number of ether oxygens (including phenoxy) is 1. The van der Waals surface area contributed by atoms with Gasteiger partial charge in [-0.05, 0) is 44.5 Å². The number of nitrogens with zero attached hydrogens (tertiary/aromatic N) is 7. The molecule has 37 heavy (non-hydrogen) atoms. The van der Waals surface area contributed by atoms with E-state index in [9.17, 15) is 4.79 Å². The summed E-state index contributed by atoms with van der Waals surface area (Å²) in [5.74, 6) is 2.00. The van der Waals surface area contributed by atoms with Gasteiger partial charge in [-0.25, -0.2) is 15.0 Å². The van der Waals surface area contributed by atoms with Crippen molar-refractivity contribution in [1.29, 1.82) is 0 Å². The van der Waals surface area contributed by atoms with E-state index < -0.39 is 0 Å². The number of amides is 1. The van der Waals surface area contributed by atoms with E-state index in [2.05, 4.69) is 32.5 Å². The third-order valence-electron chi connectivity index (χ3n) is 7.01. The lowest BCUT2D eigenvalue weighted by atomic mass is 10.2. The largest absolute Gasteiger partial charge is 0.378 e. The van der Waals surface area contributed by atoms with Crippen LogP contribution in [-0.4, -0.2) is 74.9 Å². The van der Waals surface area contributed by atoms with Crippen molar-refractivity contribution in [2.24, 2.45) is 0 Å². The van der Waals surface area contributed by atoms with Crippen molar-refractivity contribution in [3.8, 4) is 11.4 Å². The summed E-state index contributed by atoms with van der Waals surface area (Å²) >= 11 is 0. The number of likely N-dealkylation sites (tertiary alicyclic amines) is 1. The number of nitrogens with one attached hydrogen (secondary N) is 1. The van der Waals surface area contributed by atoms with Gasteiger partial charge in [0.25, 0.3) is 0 Å². The van der Waals surface area contributed by atoms with Gasteiger partial charge in [0.1, 0.15) is 5.76 Å². The third kappa shape index (κ3) is 4.62. The van der Waals surface area contributed by atoms with Crippen LogP contribution in [0, 0.1) is 13.8 Å². The lowest BCUT2D eigenvalue weighted by molar-refractivity contribution is -0.127. The van der Waals surface area contributed by atoms with Gasteiger partial charge in [0.2, 0.25) is 5.91 Å². The van der Waals surface area contributed by atoms with Crippen LogP contribution in [0.4, 0.5) is 17.2 Å². The molecule has 3 aromatic heterocycles. The second-order valence-corrected chi connectivity index (χ2v) is 9.46. The molecule has 0 saturated carbocycles. The van der Waals surface area contributed by atoms with Gasteiger partial charge in [-0.3, -0.25) is 4.79 Å². The van der Waals surface area contributed by atoms with E-state index in [-0.39, 0.29) is 5.91 Å². The molecule has 192 valence electrons. The molecule has 0 aliphatic carbocycles. The first kappa shape index (κ1) is 23.4. The molecule has 5 heterocycles. The zero-order valence-electron chi connectivity index (χ0n) is 21.1. The Kier molecular flexibility index (Phi) is 6.21. The molecule has 0 radical (unpaired) electrons. The third-order valence-corrected chi connectivity index (χ3v) is 7.01. The highest BCUT2D eigenvalue weighted by Gasteiger charge is 2.22. The predicted octanol–water partition coefficient (Wildman–Crippen LogP) is 3.30. The Bertz CT molecular complexity index is 1400. The summed E-state index contributed by atoms with van der Waals surface area (Å²) in [5.41, 5.74) is 4.93. The Morgan fingerprint density at radius 1 is 1.03 bits per heavy atom. The van der Waals surface area contributed by atoms with E-state index >= 15 is 0 Å². The molecule has 11 nitrogen and oxygen atoms in total. The number of anilines is 3. The number of fused-ring (bicyclic) bond motifs is 1. The van der Waals surface area contributed by atoms with E-state index in [0.29, 0.717) is 48.1 Å². The van der Waals surface area contributed by atoms with Crippen LogP contribution in [0.25, 0.3) is 22.6 Å². The Labute approximate surface area is 214 Å². The fraction of sp³-hybridized carbons (Fsp3) is 0.423. The quantitative estimate of drug-likeness (QED) is 0.406. The highest BCUT2D eigenvalue weighted by molar-refractivity contribution is 5.87. The molecule has 1 aromatic carbocycles. The minimum Gasteiger partial charge on any atom is -0.378 e. The number of aryl methyl sites for hydroxylation is 2. The zero-order chi connectivity index (χ0) is 25.4. The van der Waals surface area contributed by atoms with Crippen LogP contribution < -0.4 is 10.2 Å². The van der Waals surface area contributed by atoms with Crippen LogP contribution in [-0.2, 0) is 16.1 Å². The summed E-state index contributed by atoms with van der Waals surface area (Å²) in [6, 6.07) is 8.30. The van der Waals surface area contributed by atoms with Gasteiger partial charge < -0.3 is 28.9 Å². The molecule has 0 atom stereocenters. The Morgan fingerprint density at radius 3 is 2.54 bits per heavy atom. The van der Waals surface area contributed by atoms with Crippen LogP contribution in [0.15, 0.2) is 35.1 Å². The fourth-order valence-electron chi connectivity index (χ4n) is 4.99. The van der Waals surface area contributed by atoms with Crippen molar-refractivity contribution >= 4 is 34.3 Å². The van der Waals surface area contributed by atoms with Gasteiger partial charge in [0, 0.05) is 50.5 Å². The van der Waals surface area contributed by atoms with E-state index in [1.54, 1.807) is 6.33 Å². The van der Waals surface area contributed by atoms with Crippen molar-refractivity contribution in [1.82, 2.24) is 29.6 Å². The molecule has 2 fully saturated rings. The summed E-state index contributed by atoms with van der Waals surface area (Å²) in [6.07, 6.45) is 3.31. The molecule has 0 bridgehead atoms. The standard InChI is InChI=1S/C26H30N8O3/c1-17-22(18(2)37-31-17)24-29-25(28-19-5-7-20(8-6-19)32-12-14-36-15-13-32)23-26(30-24)34(16-27-23)11-10-33-9-3-4-21(33)35/h5-8,16H,3-4,9-15H2,1-2H3,(H,28,29,30). The second-order valence-electron chi connectivity index (χ2n) is 9.46. The van der Waals surface area contributed by atoms with Gasteiger partial charge in [-0.1, -0.05) is 5.16 Å². The number of imidazole rings is 1. The average molecular weight is 503 g/mol. The summed E-state index contributed by atoms with van der Waals surface area (Å²) in [4.78, 5) is 30.7. The van der Waals surface area contributed by atoms with Gasteiger partial charge >= 0.3 is 0 Å². The molecule has 0 unspecified atom stereocenters. The van der Waals surface area contributed by atoms with Crippen molar-refractivity contribution in [2.75, 3.05) is 49.6 Å². The number of hydrogen-bond acceptors (Lipinski definition) is 9. The van der Waals surface area contributed by atoms with Crippen molar-refractivity contribution < 1.29 is 14.1 Å². The Balaban J connectivity index is 1.33. The molecule has 0 spiro atoms. The Morgan fingerprint density at radius 2 is 1.84 bits per heavy atom. The van der Waals surface area contributed by atoms with Crippen molar-refractivity contribution in [2.45, 2.75) is 33.2 Å². The van der Waals surface area contributed by atoms with Crippen LogP contribution >= 0.6 is 0 Å². The number of carbonyl (C=O) groups excluding carboxylic acids is 1. The molecule has 1 amide bonds. The number of carbonyl (C=O) groups is 1. The van der Waals surface area contributed by atoms with E-state index in [0.717, 1.165) is 56.2 Å². The maximum absolute atomic E-state index is 12.1. The smallest absolute Gasteiger partial charge is 0.222 e. The predicted molar refractivity (Wildman–Crippen MR) is 139 cm³/mol. The van der Waals surface area contributed by atoms with Crippen molar-refractivity contribution in [3.63, 3.8) is 0 Å². The first-order chi connectivity index (χ1) is 18.1. The monoisotopic (exact) mass is 502 g/mol. The lowest BCUT2D eigenvalue weighted by Gasteiger charge is -2.28. The normalized spacial score (nSPS) is 16.2. The summed E-state index contributed by atoms with van der Waals surface area (Å²) < 4.78 is 12.9. The zero-order valence-corrected chi connectivity index (χ0v) is 21.1. The summed E-state index contributed by atoms with van der Waals surface area (Å²) in [6.45, 7) is 9.05. The van der Waals surface area contributed by atoms with Crippen LogP contribution in [0.3, 0.4) is 0 Å². The van der Waals surface area contributed by atoms with Gasteiger partial charge in [0.15, 0.2) is 22.8 Å². The number of hydrogen-bond donors (Lipinski definition) is 1. The van der Waals surface area contributed by atoms with Gasteiger partial charge in [-0.15, -0.1) is 0 Å². The number of aromatic nitrogens is 5. The summed E-state index contributed by atoms with van der Waals surface area (Å²) in [7, 11) is 0. The molecular formula is C26H30N8O3. The van der Waals surface area contributed by atoms with Gasteiger partial charge in [-0.2, -0.15) is 0 Å². The molecule has 2 aliphatic heterocycles. The van der Waals surface area contributed by atoms with Crippen LogP contribution in [0.5, 0.6) is 0 Å². The topological polar surface area (TPSA) is 114 Å². The molecule has 2 saturated heterocycles. The van der Waals surface area contributed by atoms with Gasteiger partial charge in [0.05, 0.1) is 30.8 Å². The summed E-state index contributed by atoms with van der Waals surface area (Å²) in [5, 5.41) is 7.54. The molecule has 1 N–H and O–H groups in total. The minimum atomic E-state index is 0.207. The van der Waals surface area contributed by atoms with E-state index in [1.807, 2.05) is 35.4 Å². The highest BCUT2D eigenvalue weighted by atomic mass is 16.5. The maximum atomic E-state index is 12.1. The average Bonchev–Trinajstić information content (AvgIpc) is 3.62. The van der Waals surface area contributed by atoms with Crippen molar-refractivity contribution in [3.05, 3.63) is 42.0 Å². The highest BCUT2D eigenvalue weighted by Crippen LogP contribution is 2.30.